The van der Waals surface area contributed by atoms with Crippen molar-refractivity contribution in [3.63, 3.8) is 0 Å². The molecule has 0 amide bonds. The summed E-state index contributed by atoms with van der Waals surface area (Å²) in [5.74, 6) is 0. The number of rotatable bonds is 2. The van der Waals surface area contributed by atoms with Crippen LogP contribution in [0.1, 0.15) is 40.5 Å². The second-order valence-corrected chi connectivity index (χ2v) is 5.25. The molecule has 0 aromatic rings. The molecule has 1 aliphatic rings. The van der Waals surface area contributed by atoms with Crippen molar-refractivity contribution in [2.24, 2.45) is 0 Å². The number of nitrogens with zero attached hydrogens (tertiary/aromatic N) is 1. The Kier molecular flexibility index (Phi) is 2.93. The van der Waals surface area contributed by atoms with E-state index in [1.165, 1.54) is 11.3 Å². The van der Waals surface area contributed by atoms with Crippen molar-refractivity contribution >= 4 is 0 Å². The van der Waals surface area contributed by atoms with Crippen LogP contribution in [-0.4, -0.2) is 22.2 Å². The first-order valence-electron chi connectivity index (χ1n) is 5.03. The minimum Gasteiger partial charge on any atom is -0.499 e. The van der Waals surface area contributed by atoms with Crippen LogP contribution in [0.4, 0.5) is 0 Å². The van der Waals surface area contributed by atoms with Crippen LogP contribution in [0, 0.1) is 0 Å². The fourth-order valence-corrected chi connectivity index (χ4v) is 2.40. The van der Waals surface area contributed by atoms with Crippen LogP contribution in [0.5, 0.6) is 0 Å². The molecule has 0 saturated carbocycles. The fraction of sp³-hybridized carbons (Fsp3) is 0.818. The predicted octanol–water partition coefficient (Wildman–Crippen LogP) is 2.51. The maximum atomic E-state index is 12.0. The highest BCUT2D eigenvalue weighted by Crippen LogP contribution is 2.38. The average Bonchev–Trinajstić information content (AvgIpc) is 1.99. The molecule has 0 aromatic carbocycles. The van der Waals surface area contributed by atoms with Crippen molar-refractivity contribution < 1.29 is 9.94 Å². The largest absolute Gasteiger partial charge is 0.499 e. The smallest absolute Gasteiger partial charge is 0.101 e. The van der Waals surface area contributed by atoms with E-state index in [4.69, 9.17) is 4.74 Å². The first-order chi connectivity index (χ1) is 6.29. The van der Waals surface area contributed by atoms with Crippen LogP contribution >= 0.6 is 0 Å². The third-order valence-electron chi connectivity index (χ3n) is 2.84. The molecule has 1 aliphatic heterocycles. The van der Waals surface area contributed by atoms with Crippen molar-refractivity contribution in [3.05, 3.63) is 12.8 Å². The van der Waals surface area contributed by atoms with Crippen LogP contribution in [0.2, 0.25) is 0 Å². The Bertz CT molecular complexity index is 205. The van der Waals surface area contributed by atoms with E-state index in [1.54, 1.807) is 0 Å². The molecule has 3 nitrogen and oxygen atoms in total. The molecule has 0 aromatic heterocycles. The Morgan fingerprint density at radius 3 is 2.07 bits per heavy atom. The Morgan fingerprint density at radius 1 is 1.29 bits per heavy atom. The number of ether oxygens (including phenoxy) is 1. The Labute approximate surface area is 86.3 Å². The Hall–Kier alpha value is -0.540. The lowest BCUT2D eigenvalue weighted by Crippen LogP contribution is -2.59. The van der Waals surface area contributed by atoms with Gasteiger partial charge in [0.2, 0.25) is 0 Å². The molecule has 1 fully saturated rings. The van der Waals surface area contributed by atoms with E-state index in [0.29, 0.717) is 0 Å². The van der Waals surface area contributed by atoms with E-state index in [1.807, 2.05) is 27.7 Å². The molecule has 3 heteroatoms. The first-order valence-corrected chi connectivity index (χ1v) is 5.03. The second kappa shape index (κ2) is 3.55. The normalized spacial score (nSPS) is 27.2. The highest BCUT2D eigenvalue weighted by atomic mass is 16.5. The zero-order valence-electron chi connectivity index (χ0n) is 9.54. The van der Waals surface area contributed by atoms with Crippen molar-refractivity contribution in [2.45, 2.75) is 57.7 Å². The van der Waals surface area contributed by atoms with Gasteiger partial charge in [0.05, 0.1) is 6.26 Å². The Balaban J connectivity index is 2.80. The summed E-state index contributed by atoms with van der Waals surface area (Å²) in [6.45, 7) is 11.4. The third-order valence-corrected chi connectivity index (χ3v) is 2.84. The maximum absolute atomic E-state index is 12.0. The van der Waals surface area contributed by atoms with Crippen molar-refractivity contribution in [3.8, 4) is 0 Å². The zero-order valence-corrected chi connectivity index (χ0v) is 9.54. The molecule has 1 rings (SSSR count). The highest BCUT2D eigenvalue weighted by molar-refractivity contribution is 4.96. The van der Waals surface area contributed by atoms with E-state index in [0.717, 1.165) is 12.8 Å². The number of hydrogen-bond donors (Lipinski definition) is 0. The van der Waals surface area contributed by atoms with E-state index in [2.05, 4.69) is 6.58 Å². The van der Waals surface area contributed by atoms with Gasteiger partial charge in [0.25, 0.3) is 0 Å². The summed E-state index contributed by atoms with van der Waals surface area (Å²) in [5, 5.41) is 13.2. The minimum absolute atomic E-state index is 0.114. The molecule has 0 atom stereocenters. The number of hydroxylamine groups is 2. The van der Waals surface area contributed by atoms with Gasteiger partial charge in [-0.2, -0.15) is 0 Å². The van der Waals surface area contributed by atoms with Crippen molar-refractivity contribution in [1.82, 2.24) is 5.06 Å². The van der Waals surface area contributed by atoms with Gasteiger partial charge in [0, 0.05) is 23.9 Å². The van der Waals surface area contributed by atoms with E-state index in [9.17, 15) is 5.21 Å². The molecular weight excluding hydrogens is 178 g/mol. The van der Waals surface area contributed by atoms with Crippen LogP contribution < -0.4 is 0 Å². The van der Waals surface area contributed by atoms with Gasteiger partial charge in [-0.05, 0) is 27.7 Å². The first kappa shape index (κ1) is 11.5. The van der Waals surface area contributed by atoms with Gasteiger partial charge in [0.15, 0.2) is 0 Å². The van der Waals surface area contributed by atoms with E-state index >= 15 is 0 Å². The summed E-state index contributed by atoms with van der Waals surface area (Å²) >= 11 is 0. The zero-order chi connectivity index (χ0) is 11.0. The quantitative estimate of drug-likeness (QED) is 0.639. The fourth-order valence-electron chi connectivity index (χ4n) is 2.40. The molecule has 14 heavy (non-hydrogen) atoms. The molecule has 1 radical (unpaired) electrons. The van der Waals surface area contributed by atoms with Gasteiger partial charge in [0.1, 0.15) is 6.10 Å². The lowest BCUT2D eigenvalue weighted by molar-refractivity contribution is -0.298. The molecule has 0 N–H and O–H groups in total. The molecule has 0 aliphatic carbocycles. The lowest BCUT2D eigenvalue weighted by atomic mass is 9.80. The van der Waals surface area contributed by atoms with Crippen LogP contribution in [0.3, 0.4) is 0 Å². The van der Waals surface area contributed by atoms with Crippen LogP contribution in [0.15, 0.2) is 12.8 Å². The Morgan fingerprint density at radius 2 is 1.71 bits per heavy atom. The number of hydrogen-bond acceptors (Lipinski definition) is 2. The summed E-state index contributed by atoms with van der Waals surface area (Å²) in [6, 6.07) is 0. The van der Waals surface area contributed by atoms with Gasteiger partial charge in [-0.1, -0.05) is 6.58 Å². The van der Waals surface area contributed by atoms with Crippen LogP contribution in [0.25, 0.3) is 0 Å². The molecule has 1 heterocycles. The van der Waals surface area contributed by atoms with Gasteiger partial charge < -0.3 is 4.74 Å². The SMILES string of the molecule is C=COC1CC(C)(C)N([O])C(C)(C)C1. The molecule has 81 valence electrons. The summed E-state index contributed by atoms with van der Waals surface area (Å²) < 4.78 is 5.40. The predicted molar refractivity (Wildman–Crippen MR) is 55.0 cm³/mol. The number of piperidine rings is 1. The highest BCUT2D eigenvalue weighted by Gasteiger charge is 2.46. The topological polar surface area (TPSA) is 32.4 Å². The lowest BCUT2D eigenvalue weighted by Gasteiger charge is -2.49. The average molecular weight is 198 g/mol. The van der Waals surface area contributed by atoms with Crippen LogP contribution in [-0.2, 0) is 9.94 Å². The van der Waals surface area contributed by atoms with Gasteiger partial charge >= 0.3 is 0 Å². The second-order valence-electron chi connectivity index (χ2n) is 5.25. The molecule has 0 spiro atoms. The van der Waals surface area contributed by atoms with Crippen molar-refractivity contribution in [2.75, 3.05) is 0 Å². The van der Waals surface area contributed by atoms with E-state index in [-0.39, 0.29) is 17.2 Å². The van der Waals surface area contributed by atoms with Crippen molar-refractivity contribution in [1.29, 1.82) is 0 Å². The third kappa shape index (κ3) is 2.10. The van der Waals surface area contributed by atoms with Gasteiger partial charge in [-0.25, -0.2) is 0 Å². The monoisotopic (exact) mass is 198 g/mol. The maximum Gasteiger partial charge on any atom is 0.101 e. The standard InChI is InChI=1S/C11H20NO2/c1-6-14-9-7-10(2,3)12(13)11(4,5)8-9/h6,9H,1,7-8H2,2-5H3. The summed E-state index contributed by atoms with van der Waals surface area (Å²) in [5.41, 5.74) is -0.704. The molecule has 0 unspecified atom stereocenters. The summed E-state index contributed by atoms with van der Waals surface area (Å²) in [4.78, 5) is 0. The summed E-state index contributed by atoms with van der Waals surface area (Å²) in [7, 11) is 0. The summed E-state index contributed by atoms with van der Waals surface area (Å²) in [6.07, 6.45) is 3.09. The minimum atomic E-state index is -0.352. The van der Waals surface area contributed by atoms with E-state index < -0.39 is 0 Å². The molecular formula is C11H20NO2. The van der Waals surface area contributed by atoms with Gasteiger partial charge in [-0.15, -0.1) is 10.3 Å². The van der Waals surface area contributed by atoms with Gasteiger partial charge in [-0.3, -0.25) is 0 Å². The molecule has 1 saturated heterocycles. The molecule has 0 bridgehead atoms.